The largest absolute Gasteiger partial charge is 0.490 e. The molecule has 0 amide bonds. The first kappa shape index (κ1) is 17.3. The molecule has 0 bridgehead atoms. The van der Waals surface area contributed by atoms with Gasteiger partial charge in [-0.2, -0.15) is 0 Å². The number of hydrogen-bond acceptors (Lipinski definition) is 4. The summed E-state index contributed by atoms with van der Waals surface area (Å²) in [5.74, 6) is 0.766. The quantitative estimate of drug-likeness (QED) is 0.914. The van der Waals surface area contributed by atoms with Crippen molar-refractivity contribution < 1.29 is 14.2 Å². The highest BCUT2D eigenvalue weighted by atomic mass is 19.1. The molecule has 26 heavy (non-hydrogen) atoms. The molecule has 4 nitrogen and oxygen atoms in total. The number of aliphatic hydroxyl groups excluding tert-OH is 1. The third-order valence-corrected chi connectivity index (χ3v) is 5.30. The number of β-amino-alcohol motifs (C(OH)–C–C–N with tert-alkyl or cyclic N) is 1. The van der Waals surface area contributed by atoms with Gasteiger partial charge >= 0.3 is 0 Å². The number of rotatable bonds is 4. The van der Waals surface area contributed by atoms with Crippen LogP contribution < -0.4 is 9.64 Å². The molecule has 2 aliphatic rings. The second-order valence-electron chi connectivity index (χ2n) is 7.25. The molecule has 2 heterocycles. The molecule has 2 aromatic rings. The highest BCUT2D eigenvalue weighted by molar-refractivity contribution is 5.48. The van der Waals surface area contributed by atoms with Crippen molar-refractivity contribution in [3.63, 3.8) is 0 Å². The zero-order chi connectivity index (χ0) is 18.1. The van der Waals surface area contributed by atoms with Crippen molar-refractivity contribution in [3.8, 4) is 5.75 Å². The summed E-state index contributed by atoms with van der Waals surface area (Å²) in [6, 6.07) is 12.9. The lowest BCUT2D eigenvalue weighted by Gasteiger charge is -2.37. The van der Waals surface area contributed by atoms with Gasteiger partial charge in [0.15, 0.2) is 0 Å². The van der Waals surface area contributed by atoms with Gasteiger partial charge in [-0.3, -0.25) is 4.90 Å². The first-order chi connectivity index (χ1) is 12.6. The molecule has 2 aliphatic heterocycles. The smallest absolute Gasteiger partial charge is 0.146 e. The predicted octanol–water partition coefficient (Wildman–Crippen LogP) is 3.00. The van der Waals surface area contributed by atoms with E-state index in [0.717, 1.165) is 43.9 Å². The molecule has 138 valence electrons. The van der Waals surface area contributed by atoms with Crippen LogP contribution in [0.4, 0.5) is 10.1 Å². The van der Waals surface area contributed by atoms with E-state index in [9.17, 15) is 9.50 Å². The average molecular weight is 356 g/mol. The Labute approximate surface area is 153 Å². The fourth-order valence-electron chi connectivity index (χ4n) is 3.88. The van der Waals surface area contributed by atoms with E-state index < -0.39 is 6.10 Å². The van der Waals surface area contributed by atoms with Gasteiger partial charge in [-0.05, 0) is 42.3 Å². The van der Waals surface area contributed by atoms with Crippen LogP contribution in [-0.4, -0.2) is 48.8 Å². The van der Waals surface area contributed by atoms with E-state index >= 15 is 0 Å². The van der Waals surface area contributed by atoms with Gasteiger partial charge in [0.05, 0.1) is 11.8 Å². The van der Waals surface area contributed by atoms with Crippen molar-refractivity contribution in [3.05, 3.63) is 59.4 Å². The minimum atomic E-state index is -0.517. The van der Waals surface area contributed by atoms with Gasteiger partial charge in [-0.1, -0.05) is 18.2 Å². The summed E-state index contributed by atoms with van der Waals surface area (Å²) in [6.07, 6.45) is 0.595. The van der Waals surface area contributed by atoms with E-state index in [1.54, 1.807) is 6.07 Å². The molecular weight excluding hydrogens is 331 g/mol. The molecule has 2 atom stereocenters. The Balaban J connectivity index is 1.34. The minimum Gasteiger partial charge on any atom is -0.490 e. The lowest BCUT2D eigenvalue weighted by atomic mass is 10.0. The summed E-state index contributed by atoms with van der Waals surface area (Å²) >= 11 is 0. The maximum atomic E-state index is 13.9. The topological polar surface area (TPSA) is 35.9 Å². The molecule has 0 unspecified atom stereocenters. The number of halogens is 1. The third-order valence-electron chi connectivity index (χ3n) is 5.30. The second kappa shape index (κ2) is 7.25. The molecule has 0 spiro atoms. The van der Waals surface area contributed by atoms with Crippen LogP contribution in [0.2, 0.25) is 0 Å². The predicted molar refractivity (Wildman–Crippen MR) is 100 cm³/mol. The van der Waals surface area contributed by atoms with Crippen LogP contribution in [0.15, 0.2) is 42.5 Å². The van der Waals surface area contributed by atoms with Crippen LogP contribution in [0.5, 0.6) is 5.75 Å². The van der Waals surface area contributed by atoms with Crippen molar-refractivity contribution in [1.82, 2.24) is 4.90 Å². The van der Waals surface area contributed by atoms with Crippen LogP contribution in [0.1, 0.15) is 24.2 Å². The van der Waals surface area contributed by atoms with Crippen molar-refractivity contribution >= 4 is 5.69 Å². The van der Waals surface area contributed by atoms with Crippen LogP contribution in [-0.2, 0) is 6.42 Å². The number of para-hydroxylation sites is 1. The average Bonchev–Trinajstić information content (AvgIpc) is 3.02. The number of aliphatic hydroxyl groups is 1. The van der Waals surface area contributed by atoms with Gasteiger partial charge in [0.25, 0.3) is 0 Å². The molecule has 1 saturated heterocycles. The Kier molecular flexibility index (Phi) is 4.83. The molecule has 0 saturated carbocycles. The lowest BCUT2D eigenvalue weighted by molar-refractivity contribution is 0.109. The van der Waals surface area contributed by atoms with E-state index in [-0.39, 0.29) is 11.9 Å². The van der Waals surface area contributed by atoms with Crippen molar-refractivity contribution in [2.45, 2.75) is 25.6 Å². The molecule has 0 radical (unpaired) electrons. The molecule has 1 N–H and O–H groups in total. The lowest BCUT2D eigenvalue weighted by Crippen LogP contribution is -2.47. The number of fused-ring (bicyclic) bond motifs is 1. The second-order valence-corrected chi connectivity index (χ2v) is 7.25. The Morgan fingerprint density at radius 1 is 1.15 bits per heavy atom. The standard InChI is InChI=1S/C21H25FN2O2/c1-15-12-17-13-16(6-7-21(17)26-15)20(25)14-23-8-10-24(11-9-23)19-5-3-2-4-18(19)22/h2-7,13,15,20,25H,8-12,14H2,1H3/t15-,20-/m1/s1. The number of nitrogens with zero attached hydrogens (tertiary/aromatic N) is 2. The fraction of sp³-hybridized carbons (Fsp3) is 0.429. The van der Waals surface area contributed by atoms with Gasteiger partial charge in [0.2, 0.25) is 0 Å². The molecular formula is C21H25FN2O2. The third kappa shape index (κ3) is 3.55. The van der Waals surface area contributed by atoms with E-state index in [2.05, 4.69) is 22.8 Å². The summed E-state index contributed by atoms with van der Waals surface area (Å²) in [7, 11) is 0. The van der Waals surface area contributed by atoms with Crippen LogP contribution in [0.3, 0.4) is 0 Å². The van der Waals surface area contributed by atoms with Crippen LogP contribution in [0.25, 0.3) is 0 Å². The van der Waals surface area contributed by atoms with Gasteiger partial charge in [-0.15, -0.1) is 0 Å². The maximum Gasteiger partial charge on any atom is 0.146 e. The Bertz CT molecular complexity index is 774. The minimum absolute atomic E-state index is 0.171. The van der Waals surface area contributed by atoms with Gasteiger partial charge in [-0.25, -0.2) is 4.39 Å². The zero-order valence-corrected chi connectivity index (χ0v) is 15.1. The number of benzene rings is 2. The summed E-state index contributed by atoms with van der Waals surface area (Å²) in [5, 5.41) is 10.6. The fourth-order valence-corrected chi connectivity index (χ4v) is 3.88. The Morgan fingerprint density at radius 3 is 2.69 bits per heavy atom. The highest BCUT2D eigenvalue weighted by Gasteiger charge is 2.24. The number of hydrogen-bond donors (Lipinski definition) is 1. The van der Waals surface area contributed by atoms with Crippen molar-refractivity contribution in [2.75, 3.05) is 37.6 Å². The SMILES string of the molecule is C[C@@H]1Cc2cc([C@H](O)CN3CCN(c4ccccc4F)CC3)ccc2O1. The van der Waals surface area contributed by atoms with Gasteiger partial charge < -0.3 is 14.7 Å². The van der Waals surface area contributed by atoms with E-state index in [1.807, 2.05) is 24.3 Å². The normalized spacial score (nSPS) is 21.3. The number of ether oxygens (including phenoxy) is 1. The summed E-state index contributed by atoms with van der Waals surface area (Å²) in [6.45, 7) is 5.82. The number of anilines is 1. The number of piperazine rings is 1. The van der Waals surface area contributed by atoms with E-state index in [1.165, 1.54) is 11.6 Å². The van der Waals surface area contributed by atoms with E-state index in [4.69, 9.17) is 4.74 Å². The van der Waals surface area contributed by atoms with Crippen molar-refractivity contribution in [1.29, 1.82) is 0 Å². The van der Waals surface area contributed by atoms with Gasteiger partial charge in [0, 0.05) is 39.1 Å². The highest BCUT2D eigenvalue weighted by Crippen LogP contribution is 2.31. The Morgan fingerprint density at radius 2 is 1.92 bits per heavy atom. The summed E-state index contributed by atoms with van der Waals surface area (Å²) in [5.41, 5.74) is 2.79. The van der Waals surface area contributed by atoms with Gasteiger partial charge in [0.1, 0.15) is 17.7 Å². The molecule has 0 aromatic heterocycles. The first-order valence-electron chi connectivity index (χ1n) is 9.29. The molecule has 4 rings (SSSR count). The summed E-state index contributed by atoms with van der Waals surface area (Å²) in [4.78, 5) is 4.32. The molecule has 0 aliphatic carbocycles. The molecule has 1 fully saturated rings. The Hall–Kier alpha value is -2.11. The molecule has 5 heteroatoms. The molecule has 2 aromatic carbocycles. The van der Waals surface area contributed by atoms with Crippen molar-refractivity contribution in [2.24, 2.45) is 0 Å². The summed E-state index contributed by atoms with van der Waals surface area (Å²) < 4.78 is 19.7. The maximum absolute atomic E-state index is 13.9. The van der Waals surface area contributed by atoms with Crippen LogP contribution in [0, 0.1) is 5.82 Å². The first-order valence-corrected chi connectivity index (χ1v) is 9.29. The van der Waals surface area contributed by atoms with Crippen LogP contribution >= 0.6 is 0 Å². The van der Waals surface area contributed by atoms with E-state index in [0.29, 0.717) is 12.2 Å². The monoisotopic (exact) mass is 356 g/mol. The zero-order valence-electron chi connectivity index (χ0n) is 15.1.